The van der Waals surface area contributed by atoms with Gasteiger partial charge in [-0.05, 0) is 31.0 Å². The first kappa shape index (κ1) is 7.90. The monoisotopic (exact) mass is 155 g/mol. The highest BCUT2D eigenvalue weighted by molar-refractivity contribution is 7.78. The first-order valence-electron chi connectivity index (χ1n) is 3.91. The first-order valence-corrected chi connectivity index (χ1v) is 4.32. The molecule has 1 rings (SSSR count). The summed E-state index contributed by atoms with van der Waals surface area (Å²) < 4.78 is 0. The summed E-state index contributed by atoms with van der Waals surface area (Å²) in [7, 11) is 0. The summed E-state index contributed by atoms with van der Waals surface area (Å²) in [6.07, 6.45) is 5.20. The molecule has 0 aliphatic heterocycles. The molecule has 0 spiro atoms. The average Bonchev–Trinajstić information content (AvgIpc) is 1.94. The fourth-order valence-corrected chi connectivity index (χ4v) is 1.69. The molecule has 0 unspecified atom stereocenters. The SMILES string of the molecule is C[C@@H]1CCCC[C@H]1N=C=S. The Morgan fingerprint density at radius 1 is 1.40 bits per heavy atom. The number of aliphatic imine (C=N–C) groups is 1. The number of rotatable bonds is 1. The smallest absolute Gasteiger partial charge is 0.0628 e. The molecule has 1 aliphatic carbocycles. The van der Waals surface area contributed by atoms with E-state index in [1.54, 1.807) is 0 Å². The van der Waals surface area contributed by atoms with Gasteiger partial charge in [0.2, 0.25) is 0 Å². The van der Waals surface area contributed by atoms with Crippen molar-refractivity contribution in [2.75, 3.05) is 0 Å². The van der Waals surface area contributed by atoms with Gasteiger partial charge in [-0.1, -0.05) is 19.8 Å². The molecule has 2 heteroatoms. The van der Waals surface area contributed by atoms with E-state index in [1.807, 2.05) is 0 Å². The van der Waals surface area contributed by atoms with Crippen molar-refractivity contribution in [2.45, 2.75) is 38.6 Å². The molecule has 56 valence electrons. The summed E-state index contributed by atoms with van der Waals surface area (Å²) in [5, 5.41) is 2.48. The minimum absolute atomic E-state index is 0.478. The van der Waals surface area contributed by atoms with Gasteiger partial charge in [-0.3, -0.25) is 0 Å². The Labute approximate surface area is 67.5 Å². The molecule has 0 N–H and O–H groups in total. The summed E-state index contributed by atoms with van der Waals surface area (Å²) in [6.45, 7) is 2.25. The normalized spacial score (nSPS) is 32.9. The largest absolute Gasteiger partial charge is 0.229 e. The molecule has 0 heterocycles. The van der Waals surface area contributed by atoms with Crippen LogP contribution in [-0.4, -0.2) is 11.2 Å². The van der Waals surface area contributed by atoms with Crippen LogP contribution in [0.5, 0.6) is 0 Å². The Hall–Kier alpha value is -0.200. The van der Waals surface area contributed by atoms with E-state index in [0.717, 1.165) is 5.92 Å². The van der Waals surface area contributed by atoms with E-state index in [9.17, 15) is 0 Å². The Morgan fingerprint density at radius 2 is 2.10 bits per heavy atom. The van der Waals surface area contributed by atoms with E-state index in [1.165, 1.54) is 25.7 Å². The van der Waals surface area contributed by atoms with E-state index in [0.29, 0.717) is 6.04 Å². The van der Waals surface area contributed by atoms with Crippen LogP contribution < -0.4 is 0 Å². The van der Waals surface area contributed by atoms with Gasteiger partial charge in [0.05, 0.1) is 11.2 Å². The molecule has 10 heavy (non-hydrogen) atoms. The molecule has 0 amide bonds. The molecule has 1 nitrogen and oxygen atoms in total. The molecular weight excluding hydrogens is 142 g/mol. The highest BCUT2D eigenvalue weighted by atomic mass is 32.1. The molecule has 0 aromatic rings. The van der Waals surface area contributed by atoms with Gasteiger partial charge in [-0.15, -0.1) is 0 Å². The lowest BCUT2D eigenvalue weighted by Gasteiger charge is -2.23. The molecule has 0 radical (unpaired) electrons. The van der Waals surface area contributed by atoms with Crippen molar-refractivity contribution in [3.63, 3.8) is 0 Å². The second kappa shape index (κ2) is 3.85. The van der Waals surface area contributed by atoms with Gasteiger partial charge in [-0.25, -0.2) is 4.99 Å². The van der Waals surface area contributed by atoms with Crippen LogP contribution in [0.4, 0.5) is 0 Å². The summed E-state index contributed by atoms with van der Waals surface area (Å²) >= 11 is 4.57. The van der Waals surface area contributed by atoms with Crippen LogP contribution in [0.3, 0.4) is 0 Å². The van der Waals surface area contributed by atoms with Gasteiger partial charge in [-0.2, -0.15) is 0 Å². The predicted molar refractivity (Wildman–Crippen MR) is 46.4 cm³/mol. The van der Waals surface area contributed by atoms with E-state index in [2.05, 4.69) is 29.3 Å². The second-order valence-corrected chi connectivity index (χ2v) is 3.23. The third kappa shape index (κ3) is 1.89. The van der Waals surface area contributed by atoms with Gasteiger partial charge in [0.15, 0.2) is 0 Å². The Bertz CT molecular complexity index is 149. The molecule has 0 saturated heterocycles. The van der Waals surface area contributed by atoms with Crippen molar-refractivity contribution >= 4 is 17.4 Å². The maximum Gasteiger partial charge on any atom is 0.0628 e. The van der Waals surface area contributed by atoms with E-state index >= 15 is 0 Å². The topological polar surface area (TPSA) is 12.4 Å². The lowest BCUT2D eigenvalue weighted by atomic mass is 9.86. The van der Waals surface area contributed by atoms with Crippen LogP contribution >= 0.6 is 12.2 Å². The Balaban J connectivity index is 2.47. The summed E-state index contributed by atoms with van der Waals surface area (Å²) in [4.78, 5) is 4.13. The summed E-state index contributed by atoms with van der Waals surface area (Å²) in [5.74, 6) is 0.726. The molecule has 1 saturated carbocycles. The molecule has 1 aliphatic rings. The van der Waals surface area contributed by atoms with Crippen molar-refractivity contribution in [2.24, 2.45) is 10.9 Å². The number of hydrogen-bond acceptors (Lipinski definition) is 2. The molecule has 0 bridgehead atoms. The fraction of sp³-hybridized carbons (Fsp3) is 0.875. The minimum atomic E-state index is 0.478. The first-order chi connectivity index (χ1) is 4.84. The molecule has 1 fully saturated rings. The quantitative estimate of drug-likeness (QED) is 0.419. The van der Waals surface area contributed by atoms with Crippen molar-refractivity contribution in [3.05, 3.63) is 0 Å². The second-order valence-electron chi connectivity index (χ2n) is 3.05. The van der Waals surface area contributed by atoms with Gasteiger partial charge in [0.25, 0.3) is 0 Å². The minimum Gasteiger partial charge on any atom is -0.229 e. The van der Waals surface area contributed by atoms with Gasteiger partial charge >= 0.3 is 0 Å². The average molecular weight is 155 g/mol. The molecule has 2 atom stereocenters. The van der Waals surface area contributed by atoms with Gasteiger partial charge in [0.1, 0.15) is 0 Å². The van der Waals surface area contributed by atoms with Gasteiger partial charge in [0, 0.05) is 0 Å². The molecule has 0 aromatic heterocycles. The van der Waals surface area contributed by atoms with Crippen molar-refractivity contribution < 1.29 is 0 Å². The summed E-state index contributed by atoms with van der Waals surface area (Å²) in [5.41, 5.74) is 0. The highest BCUT2D eigenvalue weighted by Crippen LogP contribution is 2.25. The van der Waals surface area contributed by atoms with Crippen LogP contribution in [0.1, 0.15) is 32.6 Å². The standard InChI is InChI=1S/C8H13NS/c1-7-4-2-3-5-8(7)9-6-10/h7-8H,2-5H2,1H3/t7-,8-/m1/s1. The fourth-order valence-electron chi connectivity index (χ4n) is 1.56. The van der Waals surface area contributed by atoms with Crippen molar-refractivity contribution in [1.82, 2.24) is 0 Å². The van der Waals surface area contributed by atoms with Crippen LogP contribution in [0.25, 0.3) is 0 Å². The maximum atomic E-state index is 4.57. The zero-order valence-corrected chi connectivity index (χ0v) is 7.16. The summed E-state index contributed by atoms with van der Waals surface area (Å²) in [6, 6.07) is 0.478. The van der Waals surface area contributed by atoms with E-state index in [4.69, 9.17) is 0 Å². The van der Waals surface area contributed by atoms with Gasteiger partial charge < -0.3 is 0 Å². The van der Waals surface area contributed by atoms with Crippen LogP contribution in [0.2, 0.25) is 0 Å². The number of isothiocyanates is 1. The van der Waals surface area contributed by atoms with Crippen molar-refractivity contribution in [1.29, 1.82) is 0 Å². The van der Waals surface area contributed by atoms with E-state index < -0.39 is 0 Å². The van der Waals surface area contributed by atoms with Crippen LogP contribution in [-0.2, 0) is 0 Å². The van der Waals surface area contributed by atoms with E-state index in [-0.39, 0.29) is 0 Å². The number of nitrogens with zero attached hydrogens (tertiary/aromatic N) is 1. The Kier molecular flexibility index (Phi) is 3.04. The molecule has 0 aromatic carbocycles. The number of thiocarbonyl (C=S) groups is 1. The van der Waals surface area contributed by atoms with Crippen LogP contribution in [0.15, 0.2) is 4.99 Å². The maximum absolute atomic E-state index is 4.57. The predicted octanol–water partition coefficient (Wildman–Crippen LogP) is 2.67. The zero-order valence-electron chi connectivity index (χ0n) is 6.34. The molecular formula is C8H13NS. The number of hydrogen-bond donors (Lipinski definition) is 0. The zero-order chi connectivity index (χ0) is 7.40. The van der Waals surface area contributed by atoms with Crippen molar-refractivity contribution in [3.8, 4) is 0 Å². The van der Waals surface area contributed by atoms with Crippen LogP contribution in [0, 0.1) is 5.92 Å². The Morgan fingerprint density at radius 3 is 2.70 bits per heavy atom. The highest BCUT2D eigenvalue weighted by Gasteiger charge is 2.19. The third-order valence-electron chi connectivity index (χ3n) is 2.28. The third-order valence-corrected chi connectivity index (χ3v) is 2.39. The lowest BCUT2D eigenvalue weighted by Crippen LogP contribution is -2.19. The lowest BCUT2D eigenvalue weighted by molar-refractivity contribution is 0.334.